The van der Waals surface area contributed by atoms with Crippen LogP contribution >= 0.6 is 0 Å². The van der Waals surface area contributed by atoms with E-state index in [1.807, 2.05) is 38.1 Å². The molecule has 2 aromatic rings. The smallest absolute Gasteiger partial charge is 0.227 e. The molecule has 0 spiro atoms. The van der Waals surface area contributed by atoms with Crippen molar-refractivity contribution in [1.82, 2.24) is 10.2 Å². The largest absolute Gasteiger partial charge is 0.363 e. The maximum atomic E-state index is 11.8. The maximum Gasteiger partial charge on any atom is 0.227 e. The molecule has 1 aromatic heterocycles. The third kappa shape index (κ3) is 3.51. The second-order valence-electron chi connectivity index (χ2n) is 6.06. The first kappa shape index (κ1) is 15.9. The molecule has 6 nitrogen and oxygen atoms in total. The van der Waals surface area contributed by atoms with Crippen molar-refractivity contribution in [3.8, 4) is 6.07 Å². The Kier molecular flexibility index (Phi) is 4.43. The third-order valence-corrected chi connectivity index (χ3v) is 4.17. The average molecular weight is 321 g/mol. The van der Waals surface area contributed by atoms with Gasteiger partial charge in [-0.3, -0.25) is 4.79 Å². The molecule has 0 aliphatic heterocycles. The zero-order valence-corrected chi connectivity index (χ0v) is 13.8. The topological polar surface area (TPSA) is 90.7 Å². The monoisotopic (exact) mass is 321 g/mol. The van der Waals surface area contributed by atoms with Gasteiger partial charge in [0.2, 0.25) is 5.91 Å². The molecule has 122 valence electrons. The first-order valence-corrected chi connectivity index (χ1v) is 7.96. The Morgan fingerprint density at radius 3 is 2.83 bits per heavy atom. The maximum absolute atomic E-state index is 11.8. The summed E-state index contributed by atoms with van der Waals surface area (Å²) < 4.78 is 0. The molecule has 0 atom stereocenters. The molecule has 24 heavy (non-hydrogen) atoms. The van der Waals surface area contributed by atoms with Crippen molar-refractivity contribution in [3.05, 3.63) is 46.6 Å². The van der Waals surface area contributed by atoms with Gasteiger partial charge in [0.15, 0.2) is 5.82 Å². The van der Waals surface area contributed by atoms with Gasteiger partial charge in [0, 0.05) is 18.2 Å². The lowest BCUT2D eigenvalue weighted by atomic mass is 10.1. The van der Waals surface area contributed by atoms with Crippen molar-refractivity contribution in [3.63, 3.8) is 0 Å². The van der Waals surface area contributed by atoms with Crippen LogP contribution in [-0.2, 0) is 11.3 Å². The van der Waals surface area contributed by atoms with E-state index in [1.165, 1.54) is 0 Å². The highest BCUT2D eigenvalue weighted by Crippen LogP contribution is 2.30. The molecule has 1 aliphatic carbocycles. The summed E-state index contributed by atoms with van der Waals surface area (Å²) in [7, 11) is 0. The van der Waals surface area contributed by atoms with Crippen LogP contribution in [0.4, 0.5) is 11.5 Å². The van der Waals surface area contributed by atoms with Crippen LogP contribution in [0.15, 0.2) is 24.3 Å². The molecule has 1 fully saturated rings. The van der Waals surface area contributed by atoms with E-state index in [1.54, 1.807) is 0 Å². The van der Waals surface area contributed by atoms with Gasteiger partial charge < -0.3 is 10.6 Å². The number of aromatic nitrogens is 2. The van der Waals surface area contributed by atoms with Gasteiger partial charge in [-0.05, 0) is 49.9 Å². The fraction of sp³-hybridized carbons (Fsp3) is 0.333. The molecule has 1 aliphatic rings. The number of benzene rings is 1. The molecule has 1 aromatic carbocycles. The summed E-state index contributed by atoms with van der Waals surface area (Å²) in [6, 6.07) is 9.83. The van der Waals surface area contributed by atoms with Crippen molar-refractivity contribution < 1.29 is 4.79 Å². The molecular formula is C18H19N5O. The summed E-state index contributed by atoms with van der Waals surface area (Å²) >= 11 is 0. The number of carbonyl (C=O) groups is 1. The molecule has 2 N–H and O–H groups in total. The molecule has 1 heterocycles. The van der Waals surface area contributed by atoms with E-state index in [-0.39, 0.29) is 11.8 Å². The predicted octanol–water partition coefficient (Wildman–Crippen LogP) is 2.93. The van der Waals surface area contributed by atoms with Crippen molar-refractivity contribution in [1.29, 1.82) is 5.26 Å². The highest BCUT2D eigenvalue weighted by atomic mass is 16.2. The fourth-order valence-corrected chi connectivity index (χ4v) is 2.40. The van der Waals surface area contributed by atoms with E-state index >= 15 is 0 Å². The predicted molar refractivity (Wildman–Crippen MR) is 91.3 cm³/mol. The Balaban J connectivity index is 1.70. The van der Waals surface area contributed by atoms with Crippen molar-refractivity contribution >= 4 is 17.4 Å². The highest BCUT2D eigenvalue weighted by molar-refractivity contribution is 5.94. The van der Waals surface area contributed by atoms with Crippen molar-refractivity contribution in [2.24, 2.45) is 5.92 Å². The molecule has 6 heteroatoms. The van der Waals surface area contributed by atoms with Gasteiger partial charge in [-0.2, -0.15) is 10.4 Å². The molecule has 1 saturated carbocycles. The number of carbonyl (C=O) groups excluding carboxylic acids is 1. The summed E-state index contributed by atoms with van der Waals surface area (Å²) in [5.74, 6) is 0.746. The van der Waals surface area contributed by atoms with Crippen molar-refractivity contribution in [2.75, 3.05) is 10.6 Å². The number of amides is 1. The van der Waals surface area contributed by atoms with Gasteiger partial charge in [-0.25, -0.2) is 0 Å². The SMILES string of the molecule is Cc1nnc(NCc2cccc(NC(=O)C3CC3)c2)c(C#N)c1C. The minimum Gasteiger partial charge on any atom is -0.363 e. The Labute approximate surface area is 140 Å². The lowest BCUT2D eigenvalue weighted by Crippen LogP contribution is -2.13. The first-order valence-electron chi connectivity index (χ1n) is 7.96. The average Bonchev–Trinajstić information content (AvgIpc) is 3.41. The number of hydrogen-bond acceptors (Lipinski definition) is 5. The second kappa shape index (κ2) is 6.67. The van der Waals surface area contributed by atoms with Crippen LogP contribution in [-0.4, -0.2) is 16.1 Å². The molecule has 0 unspecified atom stereocenters. The Morgan fingerprint density at radius 2 is 2.12 bits per heavy atom. The Hall–Kier alpha value is -2.94. The van der Waals surface area contributed by atoms with Crippen LogP contribution in [0.2, 0.25) is 0 Å². The summed E-state index contributed by atoms with van der Waals surface area (Å²) in [4.78, 5) is 11.8. The van der Waals surface area contributed by atoms with Crippen LogP contribution in [0.25, 0.3) is 0 Å². The van der Waals surface area contributed by atoms with Gasteiger partial charge in [0.1, 0.15) is 11.6 Å². The van der Waals surface area contributed by atoms with Gasteiger partial charge in [0.25, 0.3) is 0 Å². The van der Waals surface area contributed by atoms with Gasteiger partial charge in [0.05, 0.1) is 5.69 Å². The lowest BCUT2D eigenvalue weighted by Gasteiger charge is -2.11. The highest BCUT2D eigenvalue weighted by Gasteiger charge is 2.29. The normalized spacial score (nSPS) is 13.2. The van der Waals surface area contributed by atoms with E-state index in [9.17, 15) is 10.1 Å². The number of rotatable bonds is 5. The molecule has 0 radical (unpaired) electrons. The van der Waals surface area contributed by atoms with E-state index in [0.29, 0.717) is 17.9 Å². The summed E-state index contributed by atoms with van der Waals surface area (Å²) in [6.45, 7) is 4.19. The Morgan fingerprint density at radius 1 is 1.33 bits per heavy atom. The zero-order valence-electron chi connectivity index (χ0n) is 13.8. The number of hydrogen-bond donors (Lipinski definition) is 2. The molecule has 0 saturated heterocycles. The summed E-state index contributed by atoms with van der Waals surface area (Å²) in [5.41, 5.74) is 3.88. The van der Waals surface area contributed by atoms with Gasteiger partial charge in [-0.15, -0.1) is 5.10 Å². The molecule has 1 amide bonds. The van der Waals surface area contributed by atoms with Crippen molar-refractivity contribution in [2.45, 2.75) is 33.2 Å². The number of nitriles is 1. The minimum absolute atomic E-state index is 0.0897. The number of nitrogens with one attached hydrogen (secondary N) is 2. The van der Waals surface area contributed by atoms with Gasteiger partial charge in [-0.1, -0.05) is 12.1 Å². The minimum atomic E-state index is 0.0897. The lowest BCUT2D eigenvalue weighted by molar-refractivity contribution is -0.117. The van der Waals surface area contributed by atoms with Crippen LogP contribution in [0.5, 0.6) is 0 Å². The first-order chi connectivity index (χ1) is 11.6. The fourth-order valence-electron chi connectivity index (χ4n) is 2.40. The summed E-state index contributed by atoms with van der Waals surface area (Å²) in [6.07, 6.45) is 1.96. The molecule has 0 bridgehead atoms. The Bertz CT molecular complexity index is 821. The van der Waals surface area contributed by atoms with Crippen LogP contribution in [0.1, 0.15) is 35.2 Å². The van der Waals surface area contributed by atoms with Crippen LogP contribution in [0, 0.1) is 31.1 Å². The number of anilines is 2. The third-order valence-electron chi connectivity index (χ3n) is 4.17. The number of nitrogens with zero attached hydrogens (tertiary/aromatic N) is 3. The second-order valence-corrected chi connectivity index (χ2v) is 6.06. The van der Waals surface area contributed by atoms with E-state index in [2.05, 4.69) is 26.9 Å². The van der Waals surface area contributed by atoms with Gasteiger partial charge >= 0.3 is 0 Å². The molecular weight excluding hydrogens is 302 g/mol. The van der Waals surface area contributed by atoms with E-state index in [0.717, 1.165) is 35.3 Å². The zero-order chi connectivity index (χ0) is 17.1. The van der Waals surface area contributed by atoms with E-state index in [4.69, 9.17) is 0 Å². The molecule has 3 rings (SSSR count). The van der Waals surface area contributed by atoms with Crippen LogP contribution in [0.3, 0.4) is 0 Å². The standard InChI is InChI=1S/C18H19N5O/c1-11-12(2)22-23-17(16(11)9-19)20-10-13-4-3-5-15(8-13)21-18(24)14-6-7-14/h3-5,8,14H,6-7,10H2,1-2H3,(H,20,23)(H,21,24). The van der Waals surface area contributed by atoms with Crippen LogP contribution < -0.4 is 10.6 Å². The van der Waals surface area contributed by atoms with E-state index < -0.39 is 0 Å². The summed E-state index contributed by atoms with van der Waals surface area (Å²) in [5, 5.41) is 23.5. The number of aryl methyl sites for hydroxylation is 1. The quantitative estimate of drug-likeness (QED) is 0.883.